The lowest BCUT2D eigenvalue weighted by atomic mass is 9.91. The first-order chi connectivity index (χ1) is 14.1. The molecule has 156 valence electrons. The maximum Gasteiger partial charge on any atom is 0.404 e. The second kappa shape index (κ2) is 10.1. The van der Waals surface area contributed by atoms with Crippen LogP contribution in [-0.4, -0.2) is 45.3 Å². The van der Waals surface area contributed by atoms with Crippen molar-refractivity contribution in [1.82, 2.24) is 25.3 Å². The Bertz CT molecular complexity index is 776. The third kappa shape index (κ3) is 5.83. The van der Waals surface area contributed by atoms with E-state index in [0.29, 0.717) is 12.1 Å². The molecule has 1 amide bonds. The molecule has 0 radical (unpaired) electrons. The van der Waals surface area contributed by atoms with E-state index in [1.165, 1.54) is 7.11 Å². The predicted octanol–water partition coefficient (Wildman–Crippen LogP) is 2.78. The number of nitrogens with two attached hydrogens (primary N) is 1. The zero-order valence-electron chi connectivity index (χ0n) is 16.9. The number of nitrogens with one attached hydrogen (secondary N) is 1. The highest BCUT2D eigenvalue weighted by atomic mass is 16.6. The van der Waals surface area contributed by atoms with E-state index in [-0.39, 0.29) is 12.1 Å². The van der Waals surface area contributed by atoms with Gasteiger partial charge in [0.1, 0.15) is 6.10 Å². The molecule has 0 spiro atoms. The molecule has 2 aromatic rings. The fraction of sp³-hybridized carbons (Fsp3) is 0.550. The normalized spacial score (nSPS) is 20.1. The average molecular weight is 400 g/mol. The van der Waals surface area contributed by atoms with E-state index in [4.69, 9.17) is 15.2 Å². The minimum Gasteiger partial charge on any atom is -0.467 e. The summed E-state index contributed by atoms with van der Waals surface area (Å²) in [4.78, 5) is 28.3. The van der Waals surface area contributed by atoms with Gasteiger partial charge in [-0.2, -0.15) is 0 Å². The number of aromatic nitrogens is 4. The largest absolute Gasteiger partial charge is 0.467 e. The van der Waals surface area contributed by atoms with Crippen molar-refractivity contribution in [3.63, 3.8) is 0 Å². The van der Waals surface area contributed by atoms with Crippen molar-refractivity contribution >= 4 is 6.09 Å². The number of primary amides is 1. The Hall–Kier alpha value is -2.81. The fourth-order valence-electron chi connectivity index (χ4n) is 3.62. The zero-order chi connectivity index (χ0) is 20.6. The van der Waals surface area contributed by atoms with E-state index >= 15 is 0 Å². The topological polar surface area (TPSA) is 125 Å². The van der Waals surface area contributed by atoms with E-state index in [1.54, 1.807) is 18.6 Å². The summed E-state index contributed by atoms with van der Waals surface area (Å²) in [5.74, 6) is 0. The molecule has 1 unspecified atom stereocenters. The highest BCUT2D eigenvalue weighted by Gasteiger charge is 2.25. The first kappa shape index (κ1) is 20.9. The smallest absolute Gasteiger partial charge is 0.404 e. The Balaban J connectivity index is 1.62. The molecule has 1 saturated carbocycles. The minimum atomic E-state index is -0.692. The molecule has 1 fully saturated rings. The van der Waals surface area contributed by atoms with Crippen LogP contribution in [0.5, 0.6) is 6.01 Å². The monoisotopic (exact) mass is 400 g/mol. The van der Waals surface area contributed by atoms with E-state index in [9.17, 15) is 4.79 Å². The van der Waals surface area contributed by atoms with Crippen molar-refractivity contribution in [3.8, 4) is 17.3 Å². The second-order valence-electron chi connectivity index (χ2n) is 7.20. The van der Waals surface area contributed by atoms with Gasteiger partial charge in [0.15, 0.2) is 0 Å². The Kier molecular flexibility index (Phi) is 7.29. The van der Waals surface area contributed by atoms with Crippen LogP contribution in [0.1, 0.15) is 57.2 Å². The summed E-state index contributed by atoms with van der Waals surface area (Å²) in [6.45, 7) is 2.16. The Morgan fingerprint density at radius 3 is 2.41 bits per heavy atom. The average Bonchev–Trinajstić information content (AvgIpc) is 2.74. The van der Waals surface area contributed by atoms with Crippen LogP contribution in [0.2, 0.25) is 0 Å². The number of amides is 1. The molecule has 0 aliphatic heterocycles. The van der Waals surface area contributed by atoms with Crippen molar-refractivity contribution in [2.45, 2.75) is 63.6 Å². The number of rotatable bonds is 8. The Labute approximate surface area is 170 Å². The minimum absolute atomic E-state index is 0.0686. The first-order valence-electron chi connectivity index (χ1n) is 9.99. The first-order valence-corrected chi connectivity index (χ1v) is 9.99. The fourth-order valence-corrected chi connectivity index (χ4v) is 3.62. The molecule has 29 heavy (non-hydrogen) atoms. The van der Waals surface area contributed by atoms with Crippen LogP contribution in [-0.2, 0) is 4.74 Å². The third-order valence-electron chi connectivity index (χ3n) is 5.11. The lowest BCUT2D eigenvalue weighted by Gasteiger charge is -2.31. The Morgan fingerprint density at radius 1 is 1.14 bits per heavy atom. The molecule has 2 aromatic heterocycles. The SMILES string of the molecule is CCCC(NC1CCC(OC(N)=O)CC1)c1cnc(-c2cnc(OC)nc2)cn1. The molecule has 1 atom stereocenters. The van der Waals surface area contributed by atoms with Crippen LogP contribution >= 0.6 is 0 Å². The molecule has 0 aromatic carbocycles. The van der Waals surface area contributed by atoms with E-state index in [2.05, 4.69) is 32.2 Å². The molecule has 9 nitrogen and oxygen atoms in total. The van der Waals surface area contributed by atoms with Crippen LogP contribution in [0, 0.1) is 0 Å². The van der Waals surface area contributed by atoms with Gasteiger partial charge in [0.05, 0.1) is 36.9 Å². The number of methoxy groups -OCH3 is 1. The van der Waals surface area contributed by atoms with Crippen LogP contribution < -0.4 is 15.8 Å². The molecule has 9 heteroatoms. The molecule has 3 rings (SSSR count). The van der Waals surface area contributed by atoms with E-state index in [0.717, 1.165) is 55.5 Å². The molecule has 1 aliphatic carbocycles. The van der Waals surface area contributed by atoms with Crippen LogP contribution in [0.3, 0.4) is 0 Å². The second-order valence-corrected chi connectivity index (χ2v) is 7.20. The van der Waals surface area contributed by atoms with Gasteiger partial charge in [0, 0.05) is 24.0 Å². The van der Waals surface area contributed by atoms with Crippen molar-refractivity contribution in [3.05, 3.63) is 30.5 Å². The van der Waals surface area contributed by atoms with E-state index < -0.39 is 6.09 Å². The van der Waals surface area contributed by atoms with Crippen LogP contribution in [0.15, 0.2) is 24.8 Å². The molecule has 2 heterocycles. The van der Waals surface area contributed by atoms with E-state index in [1.807, 2.05) is 6.20 Å². The van der Waals surface area contributed by atoms with Gasteiger partial charge in [0.2, 0.25) is 0 Å². The summed E-state index contributed by atoms with van der Waals surface area (Å²) in [7, 11) is 1.53. The number of nitrogens with zero attached hydrogens (tertiary/aromatic N) is 4. The number of ether oxygens (including phenoxy) is 2. The summed E-state index contributed by atoms with van der Waals surface area (Å²) < 4.78 is 10.1. The summed E-state index contributed by atoms with van der Waals surface area (Å²) in [5, 5.41) is 3.71. The molecule has 3 N–H and O–H groups in total. The summed E-state index contributed by atoms with van der Waals surface area (Å²) in [6.07, 6.45) is 11.7. The van der Waals surface area contributed by atoms with Gasteiger partial charge in [-0.15, -0.1) is 0 Å². The van der Waals surface area contributed by atoms with Gasteiger partial charge in [0.25, 0.3) is 0 Å². The Morgan fingerprint density at radius 2 is 1.86 bits per heavy atom. The number of hydrogen-bond acceptors (Lipinski definition) is 8. The predicted molar refractivity (Wildman–Crippen MR) is 107 cm³/mol. The maximum absolute atomic E-state index is 10.9. The summed E-state index contributed by atoms with van der Waals surface area (Å²) >= 11 is 0. The lowest BCUT2D eigenvalue weighted by Crippen LogP contribution is -2.38. The van der Waals surface area contributed by atoms with Crippen molar-refractivity contribution in [1.29, 1.82) is 0 Å². The highest BCUT2D eigenvalue weighted by molar-refractivity contribution is 5.64. The summed E-state index contributed by atoms with van der Waals surface area (Å²) in [6, 6.07) is 0.810. The van der Waals surface area contributed by atoms with Crippen LogP contribution in [0.25, 0.3) is 11.3 Å². The molecule has 0 bridgehead atoms. The highest BCUT2D eigenvalue weighted by Crippen LogP contribution is 2.26. The van der Waals surface area contributed by atoms with Gasteiger partial charge in [-0.1, -0.05) is 13.3 Å². The molecular weight excluding hydrogens is 372 g/mol. The number of hydrogen-bond donors (Lipinski definition) is 2. The van der Waals surface area contributed by atoms with Gasteiger partial charge >= 0.3 is 12.1 Å². The van der Waals surface area contributed by atoms with Crippen molar-refractivity contribution < 1.29 is 14.3 Å². The standard InChI is InChI=1S/C20H28N6O3/c1-3-4-16(26-14-5-7-15(8-6-14)29-19(21)27)18-12-22-17(11-23-18)13-9-24-20(28-2)25-10-13/h9-12,14-16,26H,3-8H2,1-2H3,(H2,21,27). The van der Waals surface area contributed by atoms with Crippen molar-refractivity contribution in [2.24, 2.45) is 5.73 Å². The maximum atomic E-state index is 10.9. The zero-order valence-corrected chi connectivity index (χ0v) is 16.9. The quantitative estimate of drug-likeness (QED) is 0.693. The molecule has 1 aliphatic rings. The van der Waals surface area contributed by atoms with Gasteiger partial charge in [-0.3, -0.25) is 9.97 Å². The lowest BCUT2D eigenvalue weighted by molar-refractivity contribution is 0.0743. The van der Waals surface area contributed by atoms with Crippen LogP contribution in [0.4, 0.5) is 4.79 Å². The number of carbonyl (C=O) groups excluding carboxylic acids is 1. The van der Waals surface area contributed by atoms with Gasteiger partial charge in [-0.05, 0) is 32.1 Å². The molecule has 0 saturated heterocycles. The summed E-state index contributed by atoms with van der Waals surface area (Å²) in [5.41, 5.74) is 7.54. The van der Waals surface area contributed by atoms with Gasteiger partial charge < -0.3 is 20.5 Å². The van der Waals surface area contributed by atoms with Gasteiger partial charge in [-0.25, -0.2) is 14.8 Å². The number of carbonyl (C=O) groups is 1. The third-order valence-corrected chi connectivity index (χ3v) is 5.11. The molecular formula is C20H28N6O3. The van der Waals surface area contributed by atoms with Crippen molar-refractivity contribution in [2.75, 3.05) is 7.11 Å².